The van der Waals surface area contributed by atoms with Crippen molar-refractivity contribution < 1.29 is 0 Å². The van der Waals surface area contributed by atoms with Gasteiger partial charge in [0, 0.05) is 17.3 Å². The Hall–Kier alpha value is -2.47. The van der Waals surface area contributed by atoms with Crippen molar-refractivity contribution in [1.82, 2.24) is 4.98 Å². The van der Waals surface area contributed by atoms with Crippen LogP contribution in [0.2, 0.25) is 0 Å². The van der Waals surface area contributed by atoms with Gasteiger partial charge in [0.15, 0.2) is 0 Å². The molecule has 0 aliphatic rings. The average molecular weight is 390 g/mol. The minimum atomic E-state index is 0. The second kappa shape index (κ2) is 8.95. The van der Waals surface area contributed by atoms with E-state index in [2.05, 4.69) is 88.1 Å². The molecule has 0 fully saturated rings. The minimum Gasteiger partial charge on any atom is -0.255 e. The van der Waals surface area contributed by atoms with Crippen LogP contribution in [-0.2, 0) is 6.16 Å². The van der Waals surface area contributed by atoms with Crippen LogP contribution in [0.15, 0.2) is 97.2 Å². The van der Waals surface area contributed by atoms with Gasteiger partial charge in [-0.15, -0.1) is 21.6 Å². The molecule has 1 unspecified atom stereocenters. The van der Waals surface area contributed by atoms with Crippen molar-refractivity contribution in [2.24, 2.45) is 0 Å². The number of halogens is 1. The molecule has 27 heavy (non-hydrogen) atoms. The summed E-state index contributed by atoms with van der Waals surface area (Å²) < 4.78 is 0. The highest BCUT2D eigenvalue weighted by Crippen LogP contribution is 2.39. The van der Waals surface area contributed by atoms with E-state index in [0.717, 1.165) is 17.4 Å². The number of hydrogen-bond acceptors (Lipinski definition) is 1. The summed E-state index contributed by atoms with van der Waals surface area (Å²) in [5.41, 5.74) is 8.32. The molecule has 4 aromatic rings. The third-order valence-corrected chi connectivity index (χ3v) is 4.99. The molecule has 0 bridgehead atoms. The van der Waals surface area contributed by atoms with E-state index >= 15 is 0 Å². The first-order chi connectivity index (χ1) is 12.9. The molecule has 1 aromatic heterocycles. The zero-order chi connectivity index (χ0) is 17.8. The van der Waals surface area contributed by atoms with Crippen molar-refractivity contribution in [2.75, 3.05) is 0 Å². The summed E-state index contributed by atoms with van der Waals surface area (Å²) in [7, 11) is 2.88. The van der Waals surface area contributed by atoms with Crippen LogP contribution in [0.4, 0.5) is 0 Å². The van der Waals surface area contributed by atoms with E-state index in [-0.39, 0.29) is 12.4 Å². The van der Waals surface area contributed by atoms with E-state index in [1.807, 2.05) is 18.3 Å². The Bertz CT molecular complexity index is 1000. The maximum Gasteiger partial charge on any atom is 0.0743 e. The molecule has 1 atom stereocenters. The number of aromatic nitrogens is 1. The fourth-order valence-electron chi connectivity index (χ4n) is 3.37. The average Bonchev–Trinajstić information content (AvgIpc) is 2.74. The van der Waals surface area contributed by atoms with Gasteiger partial charge in [0.25, 0.3) is 0 Å². The van der Waals surface area contributed by atoms with Crippen LogP contribution in [0.1, 0.15) is 5.56 Å². The maximum absolute atomic E-state index is 4.87. The van der Waals surface area contributed by atoms with Gasteiger partial charge < -0.3 is 0 Å². The van der Waals surface area contributed by atoms with E-state index in [4.69, 9.17) is 4.98 Å². The molecule has 0 aliphatic heterocycles. The quantitative estimate of drug-likeness (QED) is 0.347. The highest BCUT2D eigenvalue weighted by molar-refractivity contribution is 7.15. The van der Waals surface area contributed by atoms with E-state index in [0.29, 0.717) is 0 Å². The summed E-state index contributed by atoms with van der Waals surface area (Å²) in [6.07, 6.45) is 2.87. The van der Waals surface area contributed by atoms with Gasteiger partial charge in [0.1, 0.15) is 0 Å². The normalized spacial score (nSPS) is 10.3. The largest absolute Gasteiger partial charge is 0.255 e. The molecule has 0 amide bonds. The molecule has 0 radical (unpaired) electrons. The lowest BCUT2D eigenvalue weighted by Crippen LogP contribution is -1.98. The van der Waals surface area contributed by atoms with Crippen molar-refractivity contribution in [3.8, 4) is 33.5 Å². The van der Waals surface area contributed by atoms with Crippen molar-refractivity contribution >= 4 is 21.6 Å². The molecule has 0 saturated heterocycles. The minimum absolute atomic E-state index is 0. The Morgan fingerprint density at radius 1 is 0.630 bits per heavy atom. The predicted octanol–water partition coefficient (Wildman–Crippen LogP) is 6.88. The Kier molecular flexibility index (Phi) is 6.40. The third-order valence-electron chi connectivity index (χ3n) is 4.58. The first kappa shape index (κ1) is 19.3. The zero-order valence-corrected chi connectivity index (χ0v) is 16.8. The Balaban J connectivity index is 0.00000210. The fraction of sp³-hybridized carbons (Fsp3) is 0.0417. The first-order valence-corrected chi connectivity index (χ1v) is 9.58. The fourth-order valence-corrected chi connectivity index (χ4v) is 3.76. The molecule has 0 spiro atoms. The van der Waals surface area contributed by atoms with Gasteiger partial charge in [-0.25, -0.2) is 0 Å². The number of nitrogens with zero attached hydrogens (tertiary/aromatic N) is 1. The van der Waals surface area contributed by atoms with Gasteiger partial charge in [-0.2, -0.15) is 0 Å². The van der Waals surface area contributed by atoms with Crippen molar-refractivity contribution in [2.45, 2.75) is 6.16 Å². The zero-order valence-electron chi connectivity index (χ0n) is 14.9. The molecule has 0 N–H and O–H groups in total. The Morgan fingerprint density at radius 3 is 1.63 bits per heavy atom. The van der Waals surface area contributed by atoms with Gasteiger partial charge in [-0.05, 0) is 28.4 Å². The topological polar surface area (TPSA) is 12.9 Å². The number of pyridine rings is 1. The summed E-state index contributed by atoms with van der Waals surface area (Å²) in [6.45, 7) is 0. The lowest BCUT2D eigenvalue weighted by Gasteiger charge is -2.18. The smallest absolute Gasteiger partial charge is 0.0743 e. The summed E-state index contributed by atoms with van der Waals surface area (Å²) in [4.78, 5) is 4.87. The van der Waals surface area contributed by atoms with E-state index < -0.39 is 0 Å². The highest BCUT2D eigenvalue weighted by atomic mass is 35.5. The van der Waals surface area contributed by atoms with E-state index in [1.165, 1.54) is 27.8 Å². The van der Waals surface area contributed by atoms with Gasteiger partial charge in [0.2, 0.25) is 0 Å². The highest BCUT2D eigenvalue weighted by Gasteiger charge is 2.17. The van der Waals surface area contributed by atoms with Crippen LogP contribution in [0, 0.1) is 0 Å². The number of benzene rings is 3. The molecular weight excluding hydrogens is 369 g/mol. The molecule has 4 rings (SSSR count). The number of hydrogen-bond donors (Lipinski definition) is 0. The standard InChI is InChI=1S/C24H20NP.ClH/c26-17-22-23(19-12-6-2-7-13-19)21(18-10-4-1-5-11-18)16-25-24(22)20-14-8-3-9-15-20;/h1-16H,17,26H2;1H. The van der Waals surface area contributed by atoms with E-state index in [9.17, 15) is 0 Å². The predicted molar refractivity (Wildman–Crippen MR) is 121 cm³/mol. The van der Waals surface area contributed by atoms with Crippen LogP contribution >= 0.6 is 21.6 Å². The van der Waals surface area contributed by atoms with Gasteiger partial charge in [-0.1, -0.05) is 91.0 Å². The van der Waals surface area contributed by atoms with Gasteiger partial charge in [-0.3, -0.25) is 4.98 Å². The second-order valence-corrected chi connectivity index (χ2v) is 6.58. The molecule has 0 saturated carbocycles. The number of rotatable bonds is 4. The molecule has 3 aromatic carbocycles. The van der Waals surface area contributed by atoms with Gasteiger partial charge >= 0.3 is 0 Å². The van der Waals surface area contributed by atoms with Gasteiger partial charge in [0.05, 0.1) is 5.69 Å². The van der Waals surface area contributed by atoms with Crippen LogP contribution in [0.3, 0.4) is 0 Å². The Labute approximate surface area is 169 Å². The molecule has 134 valence electrons. The third kappa shape index (κ3) is 3.95. The van der Waals surface area contributed by atoms with Crippen LogP contribution in [0.25, 0.3) is 33.5 Å². The molecule has 3 heteroatoms. The first-order valence-electron chi connectivity index (χ1n) is 8.76. The molecule has 1 nitrogen and oxygen atoms in total. The summed E-state index contributed by atoms with van der Waals surface area (Å²) in [5.74, 6) is 0. The van der Waals surface area contributed by atoms with Crippen LogP contribution in [0.5, 0.6) is 0 Å². The monoisotopic (exact) mass is 389 g/mol. The summed E-state index contributed by atoms with van der Waals surface area (Å²) in [6, 6.07) is 31.6. The van der Waals surface area contributed by atoms with Crippen molar-refractivity contribution in [3.63, 3.8) is 0 Å². The maximum atomic E-state index is 4.87. The molecular formula is C24H21ClNP. The SMILES string of the molecule is Cl.PCc1c(-c2ccccc2)ncc(-c2ccccc2)c1-c1ccccc1. The summed E-state index contributed by atoms with van der Waals surface area (Å²) >= 11 is 0. The van der Waals surface area contributed by atoms with Crippen LogP contribution < -0.4 is 0 Å². The molecule has 1 heterocycles. The Morgan fingerprint density at radius 2 is 1.11 bits per heavy atom. The second-order valence-electron chi connectivity index (χ2n) is 6.18. The lowest BCUT2D eigenvalue weighted by molar-refractivity contribution is 1.26. The van der Waals surface area contributed by atoms with Crippen molar-refractivity contribution in [3.05, 3.63) is 103 Å². The van der Waals surface area contributed by atoms with E-state index in [1.54, 1.807) is 0 Å². The summed E-state index contributed by atoms with van der Waals surface area (Å²) in [5, 5.41) is 0. The lowest BCUT2D eigenvalue weighted by atomic mass is 9.90. The molecule has 0 aliphatic carbocycles. The van der Waals surface area contributed by atoms with Crippen molar-refractivity contribution in [1.29, 1.82) is 0 Å². The van der Waals surface area contributed by atoms with Crippen LogP contribution in [-0.4, -0.2) is 4.98 Å².